The lowest BCUT2D eigenvalue weighted by Crippen LogP contribution is -2.10. The van der Waals surface area contributed by atoms with E-state index in [4.69, 9.17) is 23.2 Å². The smallest absolute Gasteiger partial charge is 0.256 e. The second kappa shape index (κ2) is 4.96. The molecule has 2 rings (SSSR count). The molecule has 0 aliphatic carbocycles. The van der Waals surface area contributed by atoms with Crippen LogP contribution in [0.4, 0.5) is 5.69 Å². The number of amides is 1. The highest BCUT2D eigenvalue weighted by Gasteiger charge is 2.10. The minimum Gasteiger partial charge on any atom is -0.505 e. The lowest BCUT2D eigenvalue weighted by Gasteiger charge is -2.06. The quantitative estimate of drug-likeness (QED) is 0.820. The summed E-state index contributed by atoms with van der Waals surface area (Å²) >= 11 is 12.9. The number of phenols is 1. The highest BCUT2D eigenvalue weighted by molar-refractivity contribution is 7.08. The van der Waals surface area contributed by atoms with Crippen LogP contribution in [0.2, 0.25) is 10.0 Å². The van der Waals surface area contributed by atoms with Crippen molar-refractivity contribution in [2.24, 2.45) is 0 Å². The van der Waals surface area contributed by atoms with Gasteiger partial charge in [-0.25, -0.2) is 0 Å². The minimum absolute atomic E-state index is 0.0955. The summed E-state index contributed by atoms with van der Waals surface area (Å²) < 4.78 is 0. The van der Waals surface area contributed by atoms with E-state index in [0.717, 1.165) is 0 Å². The Morgan fingerprint density at radius 2 is 1.94 bits per heavy atom. The van der Waals surface area contributed by atoms with Crippen LogP contribution in [-0.2, 0) is 0 Å². The number of halogens is 2. The van der Waals surface area contributed by atoms with Crippen LogP contribution >= 0.6 is 34.5 Å². The number of hydrogen-bond donors (Lipinski definition) is 2. The highest BCUT2D eigenvalue weighted by Crippen LogP contribution is 2.34. The van der Waals surface area contributed by atoms with Crippen LogP contribution in [0.25, 0.3) is 0 Å². The molecule has 0 radical (unpaired) electrons. The van der Waals surface area contributed by atoms with Crippen LogP contribution in [0.1, 0.15) is 10.4 Å². The van der Waals surface area contributed by atoms with Crippen LogP contribution in [0.5, 0.6) is 5.75 Å². The summed E-state index contributed by atoms with van der Waals surface area (Å²) in [4.78, 5) is 11.7. The van der Waals surface area contributed by atoms with E-state index < -0.39 is 0 Å². The van der Waals surface area contributed by atoms with Crippen LogP contribution in [-0.4, -0.2) is 11.0 Å². The Morgan fingerprint density at radius 1 is 1.29 bits per heavy atom. The first-order valence-corrected chi connectivity index (χ1v) is 6.29. The van der Waals surface area contributed by atoms with Gasteiger partial charge in [0, 0.05) is 11.1 Å². The highest BCUT2D eigenvalue weighted by atomic mass is 35.5. The number of carbonyl (C=O) groups is 1. The molecule has 2 N–H and O–H groups in total. The van der Waals surface area contributed by atoms with E-state index in [-0.39, 0.29) is 21.7 Å². The van der Waals surface area contributed by atoms with Crippen LogP contribution in [0, 0.1) is 0 Å². The van der Waals surface area contributed by atoms with Crippen LogP contribution < -0.4 is 5.32 Å². The van der Waals surface area contributed by atoms with Crippen LogP contribution in [0.15, 0.2) is 29.0 Å². The molecule has 2 aromatic rings. The summed E-state index contributed by atoms with van der Waals surface area (Å²) in [6, 6.07) is 4.59. The number of nitrogens with one attached hydrogen (secondary N) is 1. The topological polar surface area (TPSA) is 49.3 Å². The van der Waals surface area contributed by atoms with Gasteiger partial charge in [-0.2, -0.15) is 11.3 Å². The number of aromatic hydroxyl groups is 1. The molecule has 0 fully saturated rings. The Balaban J connectivity index is 2.22. The molecular weight excluding hydrogens is 281 g/mol. The number of anilines is 1. The van der Waals surface area contributed by atoms with E-state index in [1.54, 1.807) is 11.4 Å². The normalized spacial score (nSPS) is 10.2. The van der Waals surface area contributed by atoms with Gasteiger partial charge in [0.2, 0.25) is 0 Å². The van der Waals surface area contributed by atoms with Crippen molar-refractivity contribution >= 4 is 46.1 Å². The first-order valence-electron chi connectivity index (χ1n) is 4.59. The van der Waals surface area contributed by atoms with E-state index in [1.165, 1.54) is 23.5 Å². The van der Waals surface area contributed by atoms with Gasteiger partial charge in [-0.15, -0.1) is 0 Å². The zero-order valence-corrected chi connectivity index (χ0v) is 10.7. The molecule has 0 unspecified atom stereocenters. The van der Waals surface area contributed by atoms with Crippen molar-refractivity contribution in [1.82, 2.24) is 0 Å². The number of phenolic OH excluding ortho intramolecular Hbond substituents is 1. The first-order chi connectivity index (χ1) is 8.08. The Kier molecular flexibility index (Phi) is 3.57. The van der Waals surface area contributed by atoms with Gasteiger partial charge < -0.3 is 10.4 Å². The lowest BCUT2D eigenvalue weighted by molar-refractivity contribution is 0.102. The minimum atomic E-state index is -0.246. The fraction of sp³-hybridized carbons (Fsp3) is 0. The van der Waals surface area contributed by atoms with Gasteiger partial charge in [0.1, 0.15) is 0 Å². The maximum Gasteiger partial charge on any atom is 0.256 e. The average Bonchev–Trinajstić information content (AvgIpc) is 2.79. The summed E-state index contributed by atoms with van der Waals surface area (Å²) in [5, 5.41) is 15.8. The summed E-state index contributed by atoms with van der Waals surface area (Å²) in [6.07, 6.45) is 0. The Labute approximate surface area is 112 Å². The maximum atomic E-state index is 11.7. The molecule has 3 nitrogen and oxygen atoms in total. The third-order valence-electron chi connectivity index (χ3n) is 2.06. The van der Waals surface area contributed by atoms with E-state index in [1.807, 2.05) is 5.38 Å². The molecular formula is C11H7Cl2NO2S. The standard InChI is InChI=1S/C11H7Cl2NO2S/c12-8-3-7(4-9(13)10(8)15)14-11(16)6-1-2-17-5-6/h1-5,15H,(H,14,16). The third kappa shape index (κ3) is 2.72. The Morgan fingerprint density at radius 3 is 2.47 bits per heavy atom. The molecule has 0 aliphatic heterocycles. The summed E-state index contributed by atoms with van der Waals surface area (Å²) in [7, 11) is 0. The molecule has 1 heterocycles. The Hall–Kier alpha value is -1.23. The predicted octanol–water partition coefficient (Wildman–Crippen LogP) is 4.01. The van der Waals surface area contributed by atoms with Gasteiger partial charge in [-0.05, 0) is 23.6 Å². The van der Waals surface area contributed by atoms with Gasteiger partial charge in [0.15, 0.2) is 5.75 Å². The fourth-order valence-corrected chi connectivity index (χ4v) is 2.36. The lowest BCUT2D eigenvalue weighted by atomic mass is 10.2. The zero-order chi connectivity index (χ0) is 12.4. The second-order valence-electron chi connectivity index (χ2n) is 3.25. The van der Waals surface area contributed by atoms with Gasteiger partial charge in [-0.1, -0.05) is 23.2 Å². The Bertz CT molecular complexity index is 532. The number of thiophene rings is 1. The molecule has 0 saturated carbocycles. The van der Waals surface area contributed by atoms with Gasteiger partial charge in [0.05, 0.1) is 15.6 Å². The predicted molar refractivity (Wildman–Crippen MR) is 70.4 cm³/mol. The fourth-order valence-electron chi connectivity index (χ4n) is 1.23. The zero-order valence-electron chi connectivity index (χ0n) is 8.41. The van der Waals surface area contributed by atoms with Gasteiger partial charge in [-0.3, -0.25) is 4.79 Å². The van der Waals surface area contributed by atoms with Crippen molar-refractivity contribution in [3.8, 4) is 5.75 Å². The van der Waals surface area contributed by atoms with E-state index >= 15 is 0 Å². The number of carbonyl (C=O) groups excluding carboxylic acids is 1. The van der Waals surface area contributed by atoms with E-state index in [2.05, 4.69) is 5.32 Å². The molecule has 1 aromatic heterocycles. The van der Waals surface area contributed by atoms with Crippen LogP contribution in [0.3, 0.4) is 0 Å². The molecule has 0 saturated heterocycles. The van der Waals surface area contributed by atoms with Crippen molar-refractivity contribution in [3.63, 3.8) is 0 Å². The molecule has 0 spiro atoms. The van der Waals surface area contributed by atoms with E-state index in [9.17, 15) is 9.90 Å². The molecule has 0 aliphatic rings. The summed E-state index contributed by atoms with van der Waals surface area (Å²) in [5.41, 5.74) is 1.00. The third-order valence-corrected chi connectivity index (χ3v) is 3.32. The van der Waals surface area contributed by atoms with Crippen molar-refractivity contribution < 1.29 is 9.90 Å². The summed E-state index contributed by atoms with van der Waals surface area (Å²) in [6.45, 7) is 0. The molecule has 0 bridgehead atoms. The molecule has 0 atom stereocenters. The SMILES string of the molecule is O=C(Nc1cc(Cl)c(O)c(Cl)c1)c1ccsc1. The average molecular weight is 288 g/mol. The monoisotopic (exact) mass is 287 g/mol. The molecule has 6 heteroatoms. The number of rotatable bonds is 2. The first kappa shape index (κ1) is 12.2. The van der Waals surface area contributed by atoms with Crippen molar-refractivity contribution in [2.45, 2.75) is 0 Å². The van der Waals surface area contributed by atoms with Gasteiger partial charge in [0.25, 0.3) is 5.91 Å². The molecule has 1 aromatic carbocycles. The van der Waals surface area contributed by atoms with E-state index in [0.29, 0.717) is 11.3 Å². The molecule has 88 valence electrons. The second-order valence-corrected chi connectivity index (χ2v) is 4.85. The number of hydrogen-bond acceptors (Lipinski definition) is 3. The maximum absolute atomic E-state index is 11.7. The molecule has 17 heavy (non-hydrogen) atoms. The van der Waals surface area contributed by atoms with Crippen molar-refractivity contribution in [1.29, 1.82) is 0 Å². The van der Waals surface area contributed by atoms with Gasteiger partial charge >= 0.3 is 0 Å². The van der Waals surface area contributed by atoms with Crippen molar-refractivity contribution in [2.75, 3.05) is 5.32 Å². The largest absolute Gasteiger partial charge is 0.505 e. The molecule has 1 amide bonds. The van der Waals surface area contributed by atoms with Crippen molar-refractivity contribution in [3.05, 3.63) is 44.6 Å². The number of benzene rings is 1. The summed E-state index contributed by atoms with van der Waals surface area (Å²) in [5.74, 6) is -0.439.